The topological polar surface area (TPSA) is 101 Å². The Kier molecular flexibility index (Phi) is 4.17. The van der Waals surface area contributed by atoms with Crippen molar-refractivity contribution in [3.05, 3.63) is 63.7 Å². The van der Waals surface area contributed by atoms with Crippen molar-refractivity contribution in [2.75, 3.05) is 11.1 Å². The number of nitrogens with one attached hydrogen (secondary N) is 1. The van der Waals surface area contributed by atoms with Crippen LogP contribution in [0, 0.1) is 10.1 Å². The van der Waals surface area contributed by atoms with Gasteiger partial charge in [0, 0.05) is 18.3 Å². The highest BCUT2D eigenvalue weighted by Gasteiger charge is 2.10. The number of hydrogen-bond donors (Lipinski definition) is 3. The van der Waals surface area contributed by atoms with E-state index in [1.165, 1.54) is 6.07 Å². The first kappa shape index (κ1) is 13.8. The molecule has 0 fully saturated rings. The van der Waals surface area contributed by atoms with Crippen LogP contribution in [0.3, 0.4) is 0 Å². The van der Waals surface area contributed by atoms with Crippen LogP contribution in [0.2, 0.25) is 0 Å². The van der Waals surface area contributed by atoms with Crippen molar-refractivity contribution < 1.29 is 10.0 Å². The summed E-state index contributed by atoms with van der Waals surface area (Å²) < 4.78 is 0. The lowest BCUT2D eigenvalue weighted by Crippen LogP contribution is -2.01. The van der Waals surface area contributed by atoms with Crippen LogP contribution >= 0.6 is 0 Å². The summed E-state index contributed by atoms with van der Waals surface area (Å²) in [5.41, 5.74) is 8.28. The first-order valence-corrected chi connectivity index (χ1v) is 6.06. The molecule has 6 nitrogen and oxygen atoms in total. The number of nitrogens with zero attached hydrogens (tertiary/aromatic N) is 1. The van der Waals surface area contributed by atoms with Gasteiger partial charge in [-0.2, -0.15) is 0 Å². The number of hydrogen-bond acceptors (Lipinski definition) is 5. The van der Waals surface area contributed by atoms with Gasteiger partial charge in [-0.3, -0.25) is 10.1 Å². The molecule has 2 rings (SSSR count). The van der Waals surface area contributed by atoms with Gasteiger partial charge in [0.05, 0.1) is 11.5 Å². The van der Waals surface area contributed by atoms with Crippen LogP contribution in [0.4, 0.5) is 17.1 Å². The zero-order chi connectivity index (χ0) is 14.5. The first-order valence-electron chi connectivity index (χ1n) is 6.06. The first-order chi connectivity index (χ1) is 9.60. The lowest BCUT2D eigenvalue weighted by Gasteiger charge is -2.08. The van der Waals surface area contributed by atoms with E-state index in [2.05, 4.69) is 5.32 Å². The molecule has 0 unspecified atom stereocenters. The maximum Gasteiger partial charge on any atom is 0.292 e. The third-order valence-corrected chi connectivity index (χ3v) is 2.93. The third-order valence-electron chi connectivity index (χ3n) is 2.93. The number of benzene rings is 2. The van der Waals surface area contributed by atoms with Crippen LogP contribution in [0.15, 0.2) is 42.5 Å². The summed E-state index contributed by atoms with van der Waals surface area (Å²) in [7, 11) is 0. The molecule has 4 N–H and O–H groups in total. The minimum atomic E-state index is -0.507. The maximum atomic E-state index is 10.7. The molecule has 0 saturated carbocycles. The zero-order valence-electron chi connectivity index (χ0n) is 10.7. The Morgan fingerprint density at radius 2 is 1.80 bits per heavy atom. The summed E-state index contributed by atoms with van der Waals surface area (Å²) in [6.07, 6.45) is 0. The molecule has 104 valence electrons. The second-order valence-corrected chi connectivity index (χ2v) is 4.36. The van der Waals surface area contributed by atoms with Gasteiger partial charge in [-0.1, -0.05) is 24.3 Å². The van der Waals surface area contributed by atoms with Gasteiger partial charge in [-0.15, -0.1) is 0 Å². The van der Waals surface area contributed by atoms with Crippen LogP contribution in [0.1, 0.15) is 11.1 Å². The summed E-state index contributed by atoms with van der Waals surface area (Å²) in [5, 5.41) is 22.8. The van der Waals surface area contributed by atoms with E-state index in [9.17, 15) is 10.1 Å². The predicted molar refractivity (Wildman–Crippen MR) is 77.2 cm³/mol. The smallest absolute Gasteiger partial charge is 0.292 e. The summed E-state index contributed by atoms with van der Waals surface area (Å²) in [5.74, 6) is 0. The largest absolute Gasteiger partial charge is 0.393 e. The van der Waals surface area contributed by atoms with E-state index in [0.29, 0.717) is 6.54 Å². The minimum Gasteiger partial charge on any atom is -0.393 e. The van der Waals surface area contributed by atoms with Gasteiger partial charge in [0.2, 0.25) is 0 Å². The van der Waals surface area contributed by atoms with Crippen LogP contribution in [0.5, 0.6) is 0 Å². The number of nitrogen functional groups attached to an aromatic ring is 1. The van der Waals surface area contributed by atoms with Crippen molar-refractivity contribution in [2.45, 2.75) is 13.2 Å². The molecule has 0 aliphatic rings. The van der Waals surface area contributed by atoms with Crippen LogP contribution in [-0.2, 0) is 13.2 Å². The van der Waals surface area contributed by atoms with E-state index in [1.54, 1.807) is 12.1 Å². The van der Waals surface area contributed by atoms with Gasteiger partial charge >= 0.3 is 0 Å². The van der Waals surface area contributed by atoms with Crippen LogP contribution in [0.25, 0.3) is 0 Å². The van der Waals surface area contributed by atoms with Gasteiger partial charge in [0.15, 0.2) is 0 Å². The minimum absolute atomic E-state index is 0.0204. The number of aliphatic hydroxyl groups excluding tert-OH is 1. The SMILES string of the molecule is Nc1cc(NCc2ccc(CO)cc2)ccc1[N+](=O)[O-]. The van der Waals surface area contributed by atoms with Crippen LogP contribution in [-0.4, -0.2) is 10.0 Å². The second kappa shape index (κ2) is 6.03. The van der Waals surface area contributed by atoms with Crippen molar-refractivity contribution in [1.82, 2.24) is 0 Å². The standard InChI is InChI=1S/C14H15N3O3/c15-13-7-12(5-6-14(13)17(19)20)16-8-10-1-3-11(9-18)4-2-10/h1-7,16,18H,8-9,15H2. The molecular weight excluding hydrogens is 258 g/mol. The zero-order valence-corrected chi connectivity index (χ0v) is 10.7. The molecule has 0 radical (unpaired) electrons. The lowest BCUT2D eigenvalue weighted by atomic mass is 10.1. The monoisotopic (exact) mass is 273 g/mol. The van der Waals surface area contributed by atoms with E-state index in [4.69, 9.17) is 10.8 Å². The van der Waals surface area contributed by atoms with Gasteiger partial charge < -0.3 is 16.2 Å². The fourth-order valence-corrected chi connectivity index (χ4v) is 1.80. The van der Waals surface area contributed by atoms with Crippen molar-refractivity contribution in [3.8, 4) is 0 Å². The predicted octanol–water partition coefficient (Wildman–Crippen LogP) is 2.28. The fourth-order valence-electron chi connectivity index (χ4n) is 1.80. The number of rotatable bonds is 5. The molecule has 20 heavy (non-hydrogen) atoms. The van der Waals surface area contributed by atoms with Gasteiger partial charge in [0.25, 0.3) is 5.69 Å². The molecule has 0 atom stereocenters. The molecule has 2 aromatic rings. The Labute approximate surface area is 116 Å². The molecule has 0 aromatic heterocycles. The van der Waals surface area contributed by atoms with Crippen molar-refractivity contribution in [2.24, 2.45) is 0 Å². The van der Waals surface area contributed by atoms with E-state index in [1.807, 2.05) is 24.3 Å². The normalized spacial score (nSPS) is 10.2. The quantitative estimate of drug-likeness (QED) is 0.440. The molecule has 6 heteroatoms. The molecule has 0 bridgehead atoms. The Morgan fingerprint density at radius 1 is 1.15 bits per heavy atom. The number of aliphatic hydroxyl groups is 1. The summed E-state index contributed by atoms with van der Waals surface area (Å²) in [6.45, 7) is 0.593. The van der Waals surface area contributed by atoms with Gasteiger partial charge in [0.1, 0.15) is 5.69 Å². The lowest BCUT2D eigenvalue weighted by molar-refractivity contribution is -0.383. The molecule has 0 spiro atoms. The van der Waals surface area contributed by atoms with E-state index in [-0.39, 0.29) is 18.0 Å². The molecule has 0 heterocycles. The summed E-state index contributed by atoms with van der Waals surface area (Å²) >= 11 is 0. The molecule has 0 amide bonds. The summed E-state index contributed by atoms with van der Waals surface area (Å²) in [4.78, 5) is 10.2. The summed E-state index contributed by atoms with van der Waals surface area (Å²) in [6, 6.07) is 12.1. The Bertz CT molecular complexity index is 612. The number of nitro benzene ring substituents is 1. The van der Waals surface area contributed by atoms with E-state index >= 15 is 0 Å². The number of nitro groups is 1. The third kappa shape index (κ3) is 3.24. The van der Waals surface area contributed by atoms with Crippen LogP contribution < -0.4 is 11.1 Å². The highest BCUT2D eigenvalue weighted by molar-refractivity contribution is 5.65. The molecule has 0 aliphatic heterocycles. The highest BCUT2D eigenvalue weighted by atomic mass is 16.6. The van der Waals surface area contributed by atoms with E-state index in [0.717, 1.165) is 16.8 Å². The number of anilines is 2. The van der Waals surface area contributed by atoms with E-state index < -0.39 is 4.92 Å². The maximum absolute atomic E-state index is 10.7. The van der Waals surface area contributed by atoms with Gasteiger partial charge in [-0.25, -0.2) is 0 Å². The molecule has 2 aromatic carbocycles. The molecular formula is C14H15N3O3. The Morgan fingerprint density at radius 3 is 2.35 bits per heavy atom. The average molecular weight is 273 g/mol. The Balaban J connectivity index is 2.03. The van der Waals surface area contributed by atoms with Crippen molar-refractivity contribution in [1.29, 1.82) is 0 Å². The average Bonchev–Trinajstić information content (AvgIpc) is 2.45. The second-order valence-electron chi connectivity index (χ2n) is 4.36. The fraction of sp³-hybridized carbons (Fsp3) is 0.143. The van der Waals surface area contributed by atoms with Crippen molar-refractivity contribution in [3.63, 3.8) is 0 Å². The Hall–Kier alpha value is -2.60. The highest BCUT2D eigenvalue weighted by Crippen LogP contribution is 2.24. The van der Waals surface area contributed by atoms with Crippen molar-refractivity contribution >= 4 is 17.1 Å². The number of nitrogens with two attached hydrogens (primary N) is 1. The molecule has 0 saturated heterocycles. The molecule has 0 aliphatic carbocycles. The van der Waals surface area contributed by atoms with Gasteiger partial charge in [-0.05, 0) is 23.3 Å².